The number of para-hydroxylation sites is 1. The first-order valence-electron chi connectivity index (χ1n) is 6.27. The molecule has 1 aromatic rings. The zero-order chi connectivity index (χ0) is 11.9. The summed E-state index contributed by atoms with van der Waals surface area (Å²) in [5.74, 6) is 1.04. The van der Waals surface area contributed by atoms with E-state index < -0.39 is 0 Å². The Labute approximate surface area is 102 Å². The highest BCUT2D eigenvalue weighted by atomic mass is 16.5. The van der Waals surface area contributed by atoms with Crippen molar-refractivity contribution in [2.75, 3.05) is 26.3 Å². The standard InChI is InChI=1S/C14H19NO2/c1-14(2)11-5-3-4-6-12(11)17-13(14)15-7-9-16-10-8-15/h3-6,13H,7-10H2,1-2H3. The lowest BCUT2D eigenvalue weighted by Crippen LogP contribution is -2.52. The number of hydrogen-bond acceptors (Lipinski definition) is 3. The smallest absolute Gasteiger partial charge is 0.162 e. The van der Waals surface area contributed by atoms with Crippen molar-refractivity contribution in [1.82, 2.24) is 4.90 Å². The van der Waals surface area contributed by atoms with Crippen LogP contribution in [0.1, 0.15) is 19.4 Å². The molecule has 0 aliphatic carbocycles. The Morgan fingerprint density at radius 3 is 2.59 bits per heavy atom. The molecule has 17 heavy (non-hydrogen) atoms. The quantitative estimate of drug-likeness (QED) is 0.740. The number of benzene rings is 1. The van der Waals surface area contributed by atoms with Gasteiger partial charge in [-0.25, -0.2) is 0 Å². The van der Waals surface area contributed by atoms with E-state index in [9.17, 15) is 0 Å². The highest BCUT2D eigenvalue weighted by Crippen LogP contribution is 2.43. The third-order valence-electron chi connectivity index (χ3n) is 3.81. The van der Waals surface area contributed by atoms with Crippen LogP contribution in [0, 0.1) is 0 Å². The van der Waals surface area contributed by atoms with Gasteiger partial charge in [0.05, 0.1) is 13.2 Å². The molecule has 0 aromatic heterocycles. The van der Waals surface area contributed by atoms with Gasteiger partial charge in [-0.15, -0.1) is 0 Å². The Morgan fingerprint density at radius 1 is 1.18 bits per heavy atom. The molecule has 3 heteroatoms. The Morgan fingerprint density at radius 2 is 1.88 bits per heavy atom. The monoisotopic (exact) mass is 233 g/mol. The van der Waals surface area contributed by atoms with Crippen molar-refractivity contribution in [3.63, 3.8) is 0 Å². The summed E-state index contributed by atoms with van der Waals surface area (Å²) >= 11 is 0. The average molecular weight is 233 g/mol. The predicted molar refractivity (Wildman–Crippen MR) is 66.3 cm³/mol. The maximum absolute atomic E-state index is 6.13. The molecular formula is C14H19NO2. The molecule has 1 fully saturated rings. The van der Waals surface area contributed by atoms with Gasteiger partial charge in [-0.05, 0) is 6.07 Å². The molecule has 0 spiro atoms. The van der Waals surface area contributed by atoms with Gasteiger partial charge in [0.2, 0.25) is 0 Å². The van der Waals surface area contributed by atoms with Crippen molar-refractivity contribution >= 4 is 0 Å². The summed E-state index contributed by atoms with van der Waals surface area (Å²) in [5, 5.41) is 0. The summed E-state index contributed by atoms with van der Waals surface area (Å²) in [7, 11) is 0. The zero-order valence-electron chi connectivity index (χ0n) is 10.5. The summed E-state index contributed by atoms with van der Waals surface area (Å²) < 4.78 is 11.5. The van der Waals surface area contributed by atoms with E-state index in [0.717, 1.165) is 32.1 Å². The lowest BCUT2D eigenvalue weighted by atomic mass is 9.83. The Kier molecular flexibility index (Phi) is 2.60. The summed E-state index contributed by atoms with van der Waals surface area (Å²) in [6.45, 7) is 8.07. The molecule has 0 bridgehead atoms. The normalized spacial score (nSPS) is 27.5. The summed E-state index contributed by atoms with van der Waals surface area (Å²) in [6.07, 6.45) is 0.142. The molecule has 2 heterocycles. The maximum atomic E-state index is 6.13. The maximum Gasteiger partial charge on any atom is 0.162 e. The topological polar surface area (TPSA) is 21.7 Å². The number of nitrogens with zero attached hydrogens (tertiary/aromatic N) is 1. The van der Waals surface area contributed by atoms with E-state index in [1.54, 1.807) is 0 Å². The second kappa shape index (κ2) is 4.00. The van der Waals surface area contributed by atoms with Crippen molar-refractivity contribution in [1.29, 1.82) is 0 Å². The van der Waals surface area contributed by atoms with Crippen LogP contribution in [0.4, 0.5) is 0 Å². The first-order valence-corrected chi connectivity index (χ1v) is 6.27. The first kappa shape index (κ1) is 11.1. The van der Waals surface area contributed by atoms with E-state index in [1.807, 2.05) is 6.07 Å². The van der Waals surface area contributed by atoms with Gasteiger partial charge in [-0.3, -0.25) is 4.90 Å². The second-order valence-corrected chi connectivity index (χ2v) is 5.34. The molecule has 3 rings (SSSR count). The van der Waals surface area contributed by atoms with Crippen LogP contribution in [0.5, 0.6) is 5.75 Å². The molecule has 1 saturated heterocycles. The fourth-order valence-electron chi connectivity index (χ4n) is 2.85. The van der Waals surface area contributed by atoms with Crippen molar-refractivity contribution in [3.05, 3.63) is 29.8 Å². The molecule has 0 saturated carbocycles. The number of rotatable bonds is 1. The number of fused-ring (bicyclic) bond motifs is 1. The van der Waals surface area contributed by atoms with Crippen LogP contribution in [0.3, 0.4) is 0 Å². The molecular weight excluding hydrogens is 214 g/mol. The Hall–Kier alpha value is -1.06. The molecule has 2 aliphatic heterocycles. The third kappa shape index (κ3) is 1.74. The molecule has 1 aromatic carbocycles. The van der Waals surface area contributed by atoms with E-state index in [2.05, 4.69) is 36.9 Å². The molecule has 0 amide bonds. The van der Waals surface area contributed by atoms with Crippen LogP contribution in [0.15, 0.2) is 24.3 Å². The van der Waals surface area contributed by atoms with E-state index in [-0.39, 0.29) is 11.6 Å². The molecule has 0 radical (unpaired) electrons. The van der Waals surface area contributed by atoms with Crippen LogP contribution in [0.2, 0.25) is 0 Å². The average Bonchev–Trinajstić information content (AvgIpc) is 2.63. The molecule has 0 N–H and O–H groups in total. The molecule has 2 aliphatic rings. The van der Waals surface area contributed by atoms with Gasteiger partial charge < -0.3 is 9.47 Å². The Balaban J connectivity index is 1.89. The zero-order valence-corrected chi connectivity index (χ0v) is 10.5. The van der Waals surface area contributed by atoms with Crippen molar-refractivity contribution in [3.8, 4) is 5.75 Å². The van der Waals surface area contributed by atoms with E-state index in [1.165, 1.54) is 5.56 Å². The minimum absolute atomic E-state index is 0.0495. The van der Waals surface area contributed by atoms with Gasteiger partial charge in [0.15, 0.2) is 6.23 Å². The highest BCUT2D eigenvalue weighted by molar-refractivity contribution is 5.43. The molecule has 1 atom stereocenters. The minimum atomic E-state index is 0.0495. The fraction of sp³-hybridized carbons (Fsp3) is 0.571. The van der Waals surface area contributed by atoms with Crippen LogP contribution in [-0.4, -0.2) is 37.4 Å². The van der Waals surface area contributed by atoms with Crippen LogP contribution in [0.25, 0.3) is 0 Å². The summed E-state index contributed by atoms with van der Waals surface area (Å²) in [5.41, 5.74) is 1.37. The molecule has 92 valence electrons. The van der Waals surface area contributed by atoms with Crippen LogP contribution in [-0.2, 0) is 10.2 Å². The Bertz CT molecular complexity index is 410. The summed E-state index contributed by atoms with van der Waals surface area (Å²) in [6, 6.07) is 8.37. The van der Waals surface area contributed by atoms with E-state index in [0.29, 0.717) is 0 Å². The predicted octanol–water partition coefficient (Wildman–Crippen LogP) is 2.01. The van der Waals surface area contributed by atoms with E-state index in [4.69, 9.17) is 9.47 Å². The van der Waals surface area contributed by atoms with Gasteiger partial charge in [0, 0.05) is 24.1 Å². The fourth-order valence-corrected chi connectivity index (χ4v) is 2.85. The lowest BCUT2D eigenvalue weighted by molar-refractivity contribution is -0.0612. The summed E-state index contributed by atoms with van der Waals surface area (Å²) in [4.78, 5) is 2.39. The van der Waals surface area contributed by atoms with Gasteiger partial charge in [0.25, 0.3) is 0 Å². The van der Waals surface area contributed by atoms with Gasteiger partial charge in [0.1, 0.15) is 5.75 Å². The first-order chi connectivity index (χ1) is 8.19. The van der Waals surface area contributed by atoms with Crippen molar-refractivity contribution in [2.24, 2.45) is 0 Å². The SMILES string of the molecule is CC1(C)c2ccccc2OC1N1CCOCC1. The van der Waals surface area contributed by atoms with Gasteiger partial charge in [-0.1, -0.05) is 32.0 Å². The number of morpholine rings is 1. The number of hydrogen-bond donors (Lipinski definition) is 0. The van der Waals surface area contributed by atoms with Gasteiger partial charge in [-0.2, -0.15) is 0 Å². The number of ether oxygens (including phenoxy) is 2. The second-order valence-electron chi connectivity index (χ2n) is 5.34. The third-order valence-corrected chi connectivity index (χ3v) is 3.81. The lowest BCUT2D eigenvalue weighted by Gasteiger charge is -2.38. The van der Waals surface area contributed by atoms with Gasteiger partial charge >= 0.3 is 0 Å². The highest BCUT2D eigenvalue weighted by Gasteiger charge is 2.44. The molecule has 3 nitrogen and oxygen atoms in total. The van der Waals surface area contributed by atoms with Crippen molar-refractivity contribution in [2.45, 2.75) is 25.5 Å². The van der Waals surface area contributed by atoms with Crippen LogP contribution >= 0.6 is 0 Å². The largest absolute Gasteiger partial charge is 0.474 e. The van der Waals surface area contributed by atoms with Crippen molar-refractivity contribution < 1.29 is 9.47 Å². The van der Waals surface area contributed by atoms with E-state index >= 15 is 0 Å². The minimum Gasteiger partial charge on any atom is -0.474 e. The van der Waals surface area contributed by atoms with Crippen LogP contribution < -0.4 is 4.74 Å². The molecule has 1 unspecified atom stereocenters.